The van der Waals surface area contributed by atoms with Crippen molar-refractivity contribution in [1.29, 1.82) is 0 Å². The van der Waals surface area contributed by atoms with E-state index in [0.717, 1.165) is 6.08 Å². The van der Waals surface area contributed by atoms with Gasteiger partial charge in [-0.3, -0.25) is 9.59 Å². The largest absolute Gasteiger partial charge is 0.456 e. The maximum absolute atomic E-state index is 14.0. The third-order valence-electron chi connectivity index (χ3n) is 4.47. The Bertz CT molecular complexity index is 1150. The molecule has 1 amide bonds. The fraction of sp³-hybridized carbons (Fsp3) is 0.0952. The van der Waals surface area contributed by atoms with Gasteiger partial charge in [-0.2, -0.15) is 0 Å². The molecule has 7 heteroatoms. The lowest BCUT2D eigenvalue weighted by atomic mass is 10.1. The Kier molecular flexibility index (Phi) is 4.49. The molecule has 0 radical (unpaired) electrons. The van der Waals surface area contributed by atoms with E-state index >= 15 is 0 Å². The number of carbonyl (C=O) groups is 3. The first-order chi connectivity index (χ1) is 13.5. The van der Waals surface area contributed by atoms with Gasteiger partial charge < -0.3 is 14.6 Å². The second kappa shape index (κ2) is 7.11. The van der Waals surface area contributed by atoms with Crippen LogP contribution in [0.5, 0.6) is 0 Å². The third kappa shape index (κ3) is 3.29. The summed E-state index contributed by atoms with van der Waals surface area (Å²) in [4.78, 5) is 36.1. The van der Waals surface area contributed by atoms with Gasteiger partial charge in [0.05, 0.1) is 17.8 Å². The van der Waals surface area contributed by atoms with Gasteiger partial charge in [0.15, 0.2) is 0 Å². The highest BCUT2D eigenvalue weighted by molar-refractivity contribution is 6.45. The zero-order valence-corrected chi connectivity index (χ0v) is 14.6. The van der Waals surface area contributed by atoms with Gasteiger partial charge >= 0.3 is 5.97 Å². The number of carbonyl (C=O) groups excluding carboxylic acids is 3. The van der Waals surface area contributed by atoms with Gasteiger partial charge in [-0.05, 0) is 12.1 Å². The smallest absolute Gasteiger partial charge is 0.333 e. The van der Waals surface area contributed by atoms with Crippen molar-refractivity contribution in [3.05, 3.63) is 83.4 Å². The van der Waals surface area contributed by atoms with Crippen molar-refractivity contribution in [1.82, 2.24) is 9.88 Å². The molecule has 0 unspecified atom stereocenters. The third-order valence-corrected chi connectivity index (χ3v) is 4.47. The number of nitrogens with one attached hydrogen (secondary N) is 1. The molecule has 0 fully saturated rings. The number of benzene rings is 2. The SMILES string of the molecule is O=C1C=C(NC(=O)C(=O)c2cn(Cc3ccccc3F)c3ccccc23)CO1. The molecule has 1 aromatic heterocycles. The highest BCUT2D eigenvalue weighted by atomic mass is 19.1. The number of hydrogen-bond acceptors (Lipinski definition) is 4. The van der Waals surface area contributed by atoms with Crippen LogP contribution in [0.25, 0.3) is 10.9 Å². The van der Waals surface area contributed by atoms with Crippen molar-refractivity contribution < 1.29 is 23.5 Å². The molecule has 0 saturated carbocycles. The van der Waals surface area contributed by atoms with E-state index < -0.39 is 17.7 Å². The molecule has 140 valence electrons. The number of esters is 1. The molecule has 4 rings (SSSR count). The van der Waals surface area contributed by atoms with Crippen LogP contribution in [0.15, 0.2) is 66.5 Å². The summed E-state index contributed by atoms with van der Waals surface area (Å²) in [7, 11) is 0. The number of cyclic esters (lactones) is 1. The first-order valence-electron chi connectivity index (χ1n) is 8.57. The molecule has 2 aromatic carbocycles. The van der Waals surface area contributed by atoms with Gasteiger partial charge in [-0.15, -0.1) is 0 Å². The standard InChI is InChI=1S/C21H15FN2O4/c22-17-7-3-1-5-13(17)10-24-11-16(15-6-2-4-8-18(15)24)20(26)21(27)23-14-9-19(25)28-12-14/h1-9,11H,10,12H2,(H,23,27). The Balaban J connectivity index is 1.67. The average molecular weight is 378 g/mol. The van der Waals surface area contributed by atoms with Crippen LogP contribution in [0.4, 0.5) is 4.39 Å². The summed E-state index contributed by atoms with van der Waals surface area (Å²) in [6.07, 6.45) is 2.68. The number of Topliss-reactive ketones (excluding diaryl/α,β-unsaturated/α-hetero) is 1. The molecule has 0 bridgehead atoms. The number of nitrogens with zero attached hydrogens (tertiary/aromatic N) is 1. The van der Waals surface area contributed by atoms with Gasteiger partial charge in [0, 0.05) is 28.7 Å². The van der Waals surface area contributed by atoms with Crippen LogP contribution in [-0.4, -0.2) is 28.8 Å². The molecule has 1 aliphatic heterocycles. The summed E-state index contributed by atoms with van der Waals surface area (Å²) in [5.74, 6) is -2.52. The van der Waals surface area contributed by atoms with E-state index in [1.54, 1.807) is 53.2 Å². The molecule has 28 heavy (non-hydrogen) atoms. The first kappa shape index (κ1) is 17.7. The predicted octanol–water partition coefficient (Wildman–Crippen LogP) is 2.57. The van der Waals surface area contributed by atoms with Crippen molar-refractivity contribution in [2.24, 2.45) is 0 Å². The fourth-order valence-corrected chi connectivity index (χ4v) is 3.14. The van der Waals surface area contributed by atoms with E-state index in [0.29, 0.717) is 16.5 Å². The number of hydrogen-bond donors (Lipinski definition) is 1. The minimum Gasteiger partial charge on any atom is -0.456 e. The Hall–Kier alpha value is -3.74. The molecule has 0 saturated heterocycles. The van der Waals surface area contributed by atoms with Gasteiger partial charge in [0.25, 0.3) is 11.7 Å². The van der Waals surface area contributed by atoms with Crippen molar-refractivity contribution in [2.75, 3.05) is 6.61 Å². The monoisotopic (exact) mass is 378 g/mol. The van der Waals surface area contributed by atoms with Crippen LogP contribution >= 0.6 is 0 Å². The van der Waals surface area contributed by atoms with Gasteiger partial charge in [-0.1, -0.05) is 36.4 Å². The zero-order chi connectivity index (χ0) is 19.7. The predicted molar refractivity (Wildman–Crippen MR) is 99.0 cm³/mol. The zero-order valence-electron chi connectivity index (χ0n) is 14.6. The van der Waals surface area contributed by atoms with Crippen molar-refractivity contribution in [2.45, 2.75) is 6.54 Å². The van der Waals surface area contributed by atoms with Gasteiger partial charge in [0.2, 0.25) is 0 Å². The lowest BCUT2D eigenvalue weighted by molar-refractivity contribution is -0.135. The number of aromatic nitrogens is 1. The number of para-hydroxylation sites is 1. The Labute approximate surface area is 159 Å². The highest BCUT2D eigenvalue weighted by Crippen LogP contribution is 2.23. The van der Waals surface area contributed by atoms with Crippen LogP contribution in [0.3, 0.4) is 0 Å². The van der Waals surface area contributed by atoms with Gasteiger partial charge in [-0.25, -0.2) is 9.18 Å². The lowest BCUT2D eigenvalue weighted by Gasteiger charge is -2.06. The second-order valence-electron chi connectivity index (χ2n) is 6.34. The van der Waals surface area contributed by atoms with Crippen LogP contribution in [0.2, 0.25) is 0 Å². The maximum Gasteiger partial charge on any atom is 0.333 e. The summed E-state index contributed by atoms with van der Waals surface area (Å²) in [5.41, 5.74) is 1.62. The van der Waals surface area contributed by atoms with E-state index in [1.165, 1.54) is 6.07 Å². The Morgan fingerprint density at radius 2 is 1.86 bits per heavy atom. The summed E-state index contributed by atoms with van der Waals surface area (Å²) in [5, 5.41) is 2.99. The molecule has 1 aliphatic rings. The van der Waals surface area contributed by atoms with E-state index in [9.17, 15) is 18.8 Å². The summed E-state index contributed by atoms with van der Waals surface area (Å²) in [6, 6.07) is 13.5. The molecule has 0 atom stereocenters. The van der Waals surface area contributed by atoms with Crippen LogP contribution in [0.1, 0.15) is 15.9 Å². The normalized spacial score (nSPS) is 13.3. The summed E-state index contributed by atoms with van der Waals surface area (Å²) >= 11 is 0. The van der Waals surface area contributed by atoms with E-state index in [1.807, 2.05) is 0 Å². The minimum atomic E-state index is -0.863. The number of fused-ring (bicyclic) bond motifs is 1. The van der Waals surface area contributed by atoms with Crippen LogP contribution in [0, 0.1) is 5.82 Å². The molecule has 1 N–H and O–H groups in total. The lowest BCUT2D eigenvalue weighted by Crippen LogP contribution is -2.31. The van der Waals surface area contributed by atoms with Crippen molar-refractivity contribution in [3.8, 4) is 0 Å². The fourth-order valence-electron chi connectivity index (χ4n) is 3.14. The molecule has 2 heterocycles. The molecule has 3 aromatic rings. The molecule has 6 nitrogen and oxygen atoms in total. The number of rotatable bonds is 5. The quantitative estimate of drug-likeness (QED) is 0.421. The second-order valence-corrected chi connectivity index (χ2v) is 6.34. The number of amides is 1. The summed E-state index contributed by atoms with van der Waals surface area (Å²) < 4.78 is 20.5. The minimum absolute atomic E-state index is 0.0765. The highest BCUT2D eigenvalue weighted by Gasteiger charge is 2.24. The number of ketones is 1. The van der Waals surface area contributed by atoms with Crippen molar-refractivity contribution >= 4 is 28.6 Å². The number of halogens is 1. The number of ether oxygens (including phenoxy) is 1. The van der Waals surface area contributed by atoms with E-state index in [4.69, 9.17) is 4.74 Å². The van der Waals surface area contributed by atoms with Gasteiger partial charge in [0.1, 0.15) is 12.4 Å². The van der Waals surface area contributed by atoms with E-state index in [2.05, 4.69) is 5.32 Å². The van der Waals surface area contributed by atoms with Crippen molar-refractivity contribution in [3.63, 3.8) is 0 Å². The van der Waals surface area contributed by atoms with E-state index in [-0.39, 0.29) is 30.2 Å². The van der Waals surface area contributed by atoms with Crippen LogP contribution in [-0.2, 0) is 20.9 Å². The average Bonchev–Trinajstić information content (AvgIpc) is 3.27. The van der Waals surface area contributed by atoms with Crippen LogP contribution < -0.4 is 5.32 Å². The molecular formula is C21H15FN2O4. The molecule has 0 aliphatic carbocycles. The molecule has 0 spiro atoms. The summed E-state index contributed by atoms with van der Waals surface area (Å²) in [6.45, 7) is 0.141. The molecular weight excluding hydrogens is 363 g/mol. The Morgan fingerprint density at radius 1 is 1.11 bits per heavy atom. The maximum atomic E-state index is 14.0. The Morgan fingerprint density at radius 3 is 2.61 bits per heavy atom. The first-order valence-corrected chi connectivity index (χ1v) is 8.57. The topological polar surface area (TPSA) is 77.4 Å².